The summed E-state index contributed by atoms with van der Waals surface area (Å²) in [6.45, 7) is -0.0259. The number of unbranched alkanes of at least 4 members (excludes halogenated alkanes) is 2. The molecule has 3 aromatic rings. The lowest BCUT2D eigenvalue weighted by Gasteiger charge is -2.36. The first kappa shape index (κ1) is 29.6. The van der Waals surface area contributed by atoms with Crippen molar-refractivity contribution in [3.63, 3.8) is 0 Å². The lowest BCUT2D eigenvalue weighted by atomic mass is 10.0. The SMILES string of the molecule is Cn1nnnc1SCC1CC(c2ccc(CO)cc2)OC(c2cccc(NC(=O)CCCCCC(=O)NO)c2)O1. The van der Waals surface area contributed by atoms with E-state index in [0.29, 0.717) is 48.7 Å². The number of anilines is 1. The summed E-state index contributed by atoms with van der Waals surface area (Å²) in [5.74, 6) is 0.0716. The van der Waals surface area contributed by atoms with Gasteiger partial charge in [-0.05, 0) is 46.5 Å². The van der Waals surface area contributed by atoms with Crippen LogP contribution in [-0.2, 0) is 32.7 Å². The molecule has 1 saturated heterocycles. The minimum atomic E-state index is -0.658. The third-order valence-corrected chi connectivity index (χ3v) is 7.61. The van der Waals surface area contributed by atoms with Crippen LogP contribution in [0.2, 0.25) is 0 Å². The lowest BCUT2D eigenvalue weighted by Crippen LogP contribution is -2.31. The first-order valence-electron chi connectivity index (χ1n) is 13.1. The maximum atomic E-state index is 12.5. The third-order valence-electron chi connectivity index (χ3n) is 6.47. The zero-order valence-corrected chi connectivity index (χ0v) is 23.0. The average Bonchev–Trinajstić information content (AvgIpc) is 3.40. The Morgan fingerprint density at radius 1 is 1.05 bits per heavy atom. The summed E-state index contributed by atoms with van der Waals surface area (Å²) in [5.41, 5.74) is 4.84. The minimum Gasteiger partial charge on any atom is -0.392 e. The molecule has 3 atom stereocenters. The van der Waals surface area contributed by atoms with Gasteiger partial charge in [0, 0.05) is 43.3 Å². The molecule has 2 heterocycles. The highest BCUT2D eigenvalue weighted by Gasteiger charge is 2.32. The fraction of sp³-hybridized carbons (Fsp3) is 0.444. The number of ether oxygens (including phenoxy) is 2. The highest BCUT2D eigenvalue weighted by molar-refractivity contribution is 7.99. The van der Waals surface area contributed by atoms with Crippen LogP contribution in [0.15, 0.2) is 53.7 Å². The van der Waals surface area contributed by atoms with E-state index in [0.717, 1.165) is 16.7 Å². The molecule has 0 saturated carbocycles. The molecule has 0 spiro atoms. The van der Waals surface area contributed by atoms with E-state index in [1.165, 1.54) is 11.8 Å². The lowest BCUT2D eigenvalue weighted by molar-refractivity contribution is -0.245. The first-order valence-corrected chi connectivity index (χ1v) is 14.1. The molecule has 12 nitrogen and oxygen atoms in total. The van der Waals surface area contributed by atoms with E-state index >= 15 is 0 Å². The Bertz CT molecular complexity index is 1260. The summed E-state index contributed by atoms with van der Waals surface area (Å²) in [7, 11) is 1.79. The van der Waals surface area contributed by atoms with E-state index in [1.54, 1.807) is 17.2 Å². The summed E-state index contributed by atoms with van der Waals surface area (Å²) < 4.78 is 14.4. The molecule has 13 heteroatoms. The number of rotatable bonds is 13. The number of thioether (sulfide) groups is 1. The number of aromatic nitrogens is 4. The van der Waals surface area contributed by atoms with E-state index in [9.17, 15) is 14.7 Å². The summed E-state index contributed by atoms with van der Waals surface area (Å²) in [4.78, 5) is 23.6. The van der Waals surface area contributed by atoms with Gasteiger partial charge in [0.05, 0.1) is 18.8 Å². The van der Waals surface area contributed by atoms with Gasteiger partial charge in [-0.3, -0.25) is 14.8 Å². The predicted molar refractivity (Wildman–Crippen MR) is 146 cm³/mol. The van der Waals surface area contributed by atoms with Gasteiger partial charge in [0.15, 0.2) is 6.29 Å². The maximum absolute atomic E-state index is 12.5. The molecule has 4 N–H and O–H groups in total. The number of aryl methyl sites for hydroxylation is 1. The minimum absolute atomic E-state index is 0.0259. The Morgan fingerprint density at radius 3 is 2.52 bits per heavy atom. The second kappa shape index (κ2) is 14.9. The maximum Gasteiger partial charge on any atom is 0.243 e. The van der Waals surface area contributed by atoms with Crippen molar-refractivity contribution in [2.45, 2.75) is 68.8 Å². The molecule has 2 amide bonds. The van der Waals surface area contributed by atoms with Gasteiger partial charge in [-0.25, -0.2) is 10.2 Å². The molecule has 214 valence electrons. The molecule has 0 aliphatic carbocycles. The van der Waals surface area contributed by atoms with Crippen LogP contribution in [0.4, 0.5) is 5.69 Å². The van der Waals surface area contributed by atoms with E-state index in [-0.39, 0.29) is 31.1 Å². The molecular formula is C27H34N6O6S. The highest BCUT2D eigenvalue weighted by atomic mass is 32.2. The third kappa shape index (κ3) is 8.57. The number of hydrogen-bond acceptors (Lipinski definition) is 10. The van der Waals surface area contributed by atoms with Gasteiger partial charge in [-0.15, -0.1) is 5.10 Å². The van der Waals surface area contributed by atoms with Crippen molar-refractivity contribution in [2.24, 2.45) is 7.05 Å². The number of hydroxylamine groups is 1. The van der Waals surface area contributed by atoms with Crippen LogP contribution < -0.4 is 10.8 Å². The molecule has 0 bridgehead atoms. The second-order valence-electron chi connectivity index (χ2n) is 9.52. The Kier molecular flexibility index (Phi) is 11.0. The number of nitrogens with zero attached hydrogens (tertiary/aromatic N) is 4. The van der Waals surface area contributed by atoms with Crippen LogP contribution in [0.3, 0.4) is 0 Å². The van der Waals surface area contributed by atoms with E-state index in [1.807, 2.05) is 48.5 Å². The summed E-state index contributed by atoms with van der Waals surface area (Å²) >= 11 is 1.51. The van der Waals surface area contributed by atoms with Crippen molar-refractivity contribution in [2.75, 3.05) is 11.1 Å². The van der Waals surface area contributed by atoms with E-state index < -0.39 is 12.2 Å². The van der Waals surface area contributed by atoms with Crippen molar-refractivity contribution in [3.05, 3.63) is 65.2 Å². The molecule has 2 aromatic carbocycles. The van der Waals surface area contributed by atoms with Crippen LogP contribution in [0.25, 0.3) is 0 Å². The molecule has 0 radical (unpaired) electrons. The Morgan fingerprint density at radius 2 is 1.82 bits per heavy atom. The monoisotopic (exact) mass is 570 g/mol. The van der Waals surface area contributed by atoms with Crippen molar-refractivity contribution >= 4 is 29.3 Å². The molecular weight excluding hydrogens is 536 g/mol. The van der Waals surface area contributed by atoms with Crippen LogP contribution in [0.5, 0.6) is 0 Å². The van der Waals surface area contributed by atoms with Gasteiger partial charge in [0.1, 0.15) is 0 Å². The van der Waals surface area contributed by atoms with E-state index in [2.05, 4.69) is 20.8 Å². The van der Waals surface area contributed by atoms with Crippen LogP contribution >= 0.6 is 11.8 Å². The average molecular weight is 571 g/mol. The number of carbonyl (C=O) groups is 2. The van der Waals surface area contributed by atoms with Crippen LogP contribution in [0.1, 0.15) is 67.6 Å². The van der Waals surface area contributed by atoms with Gasteiger partial charge in [0.2, 0.25) is 17.0 Å². The van der Waals surface area contributed by atoms with Crippen molar-refractivity contribution in [1.82, 2.24) is 25.7 Å². The van der Waals surface area contributed by atoms with Crippen molar-refractivity contribution in [3.8, 4) is 0 Å². The van der Waals surface area contributed by atoms with E-state index in [4.69, 9.17) is 14.7 Å². The smallest absolute Gasteiger partial charge is 0.243 e. The number of aliphatic hydroxyl groups excluding tert-OH is 1. The molecule has 1 aromatic heterocycles. The summed E-state index contributed by atoms with van der Waals surface area (Å²) in [6.07, 6.45) is 2.06. The quantitative estimate of drug-likeness (QED) is 0.104. The van der Waals surface area contributed by atoms with Gasteiger partial charge in [-0.1, -0.05) is 54.6 Å². The standard InChI is InChI=1S/C27H34N6O6S/c1-33-27(29-31-32-33)40-17-22-15-23(19-12-10-18(16-34)11-13-19)39-26(38-22)20-6-5-7-21(14-20)28-24(35)8-3-2-4-9-25(36)30-37/h5-7,10-14,22-23,26,34,37H,2-4,8-9,15-17H2,1H3,(H,28,35)(H,30,36). The van der Waals surface area contributed by atoms with Gasteiger partial charge in [0.25, 0.3) is 0 Å². The fourth-order valence-corrected chi connectivity index (χ4v) is 5.19. The zero-order valence-electron chi connectivity index (χ0n) is 22.2. The largest absolute Gasteiger partial charge is 0.392 e. The molecule has 3 unspecified atom stereocenters. The molecule has 1 aliphatic rings. The topological polar surface area (TPSA) is 161 Å². The van der Waals surface area contributed by atoms with Crippen LogP contribution in [0, 0.1) is 0 Å². The number of tetrazole rings is 1. The molecule has 40 heavy (non-hydrogen) atoms. The summed E-state index contributed by atoms with van der Waals surface area (Å²) in [5, 5.41) is 33.2. The highest BCUT2D eigenvalue weighted by Crippen LogP contribution is 2.39. The zero-order chi connectivity index (χ0) is 28.3. The first-order chi connectivity index (χ1) is 19.4. The number of benzene rings is 2. The predicted octanol–water partition coefficient (Wildman–Crippen LogP) is 3.43. The molecule has 1 fully saturated rings. The Hall–Kier alpha value is -3.36. The van der Waals surface area contributed by atoms with Gasteiger partial charge in [-0.2, -0.15) is 0 Å². The van der Waals surface area contributed by atoms with Crippen molar-refractivity contribution < 1.29 is 29.4 Å². The Labute approximate surface area is 236 Å². The Balaban J connectivity index is 1.40. The number of amides is 2. The number of nitrogens with one attached hydrogen (secondary N) is 2. The van der Waals surface area contributed by atoms with Crippen molar-refractivity contribution in [1.29, 1.82) is 0 Å². The van der Waals surface area contributed by atoms with Gasteiger partial charge < -0.3 is 19.9 Å². The second-order valence-corrected chi connectivity index (χ2v) is 10.5. The summed E-state index contributed by atoms with van der Waals surface area (Å²) in [6, 6.07) is 15.1. The van der Waals surface area contributed by atoms with Crippen LogP contribution in [-0.4, -0.2) is 54.2 Å². The normalized spacial score (nSPS) is 18.8. The number of carbonyl (C=O) groups excluding carboxylic acids is 2. The molecule has 1 aliphatic heterocycles. The number of hydrogen-bond donors (Lipinski definition) is 4. The van der Waals surface area contributed by atoms with Gasteiger partial charge >= 0.3 is 0 Å². The molecule has 4 rings (SSSR count). The fourth-order valence-electron chi connectivity index (χ4n) is 4.32. The number of aliphatic hydroxyl groups is 1.